The van der Waals surface area contributed by atoms with Crippen LogP contribution in [0.15, 0.2) is 109 Å². The van der Waals surface area contributed by atoms with E-state index in [4.69, 9.17) is 9.05 Å². The number of aliphatic hydroxyl groups is 1. The van der Waals surface area contributed by atoms with Crippen molar-refractivity contribution in [2.24, 2.45) is 0 Å². The van der Waals surface area contributed by atoms with E-state index in [1.807, 2.05) is 27.2 Å². The molecule has 74 heavy (non-hydrogen) atoms. The zero-order valence-corrected chi connectivity index (χ0v) is 49.4. The molecule has 0 aromatic carbocycles. The minimum Gasteiger partial charge on any atom is -0.387 e. The van der Waals surface area contributed by atoms with Crippen LogP contribution < -0.4 is 5.32 Å². The van der Waals surface area contributed by atoms with Crippen molar-refractivity contribution in [3.05, 3.63) is 109 Å². The van der Waals surface area contributed by atoms with Crippen molar-refractivity contribution < 1.29 is 32.9 Å². The van der Waals surface area contributed by atoms with Crippen LogP contribution in [0.2, 0.25) is 0 Å². The fourth-order valence-electron chi connectivity index (χ4n) is 8.25. The van der Waals surface area contributed by atoms with Gasteiger partial charge in [-0.15, -0.1) is 0 Å². The first-order valence-electron chi connectivity index (χ1n) is 30.3. The number of amides is 1. The highest BCUT2D eigenvalue weighted by Crippen LogP contribution is 2.43. The second kappa shape index (κ2) is 54.9. The summed E-state index contributed by atoms with van der Waals surface area (Å²) in [6, 6.07) is -0.881. The highest BCUT2D eigenvalue weighted by molar-refractivity contribution is 7.47. The Morgan fingerprint density at radius 1 is 0.473 bits per heavy atom. The first-order valence-corrected chi connectivity index (χ1v) is 31.8. The number of hydrogen-bond donors (Lipinski definition) is 3. The van der Waals surface area contributed by atoms with Gasteiger partial charge in [-0.05, 0) is 96.3 Å². The summed E-state index contributed by atoms with van der Waals surface area (Å²) in [7, 11) is 1.53. The lowest BCUT2D eigenvalue weighted by Gasteiger charge is -2.25. The topological polar surface area (TPSA) is 105 Å². The van der Waals surface area contributed by atoms with E-state index in [2.05, 4.69) is 116 Å². The molecule has 0 radical (unpaired) electrons. The third-order valence-corrected chi connectivity index (χ3v) is 13.9. The van der Waals surface area contributed by atoms with Gasteiger partial charge in [-0.2, -0.15) is 0 Å². The molecule has 0 rings (SSSR count). The van der Waals surface area contributed by atoms with E-state index in [1.54, 1.807) is 6.08 Å². The summed E-state index contributed by atoms with van der Waals surface area (Å²) in [6.07, 6.45) is 80.5. The highest BCUT2D eigenvalue weighted by Gasteiger charge is 2.27. The minimum absolute atomic E-state index is 0.0474. The number of rotatable bonds is 54. The van der Waals surface area contributed by atoms with E-state index >= 15 is 0 Å². The number of aliphatic hydroxyl groups excluding tert-OH is 1. The molecule has 0 aromatic rings. The molecule has 0 aliphatic carbocycles. The number of phosphoric ester groups is 1. The average molecular weight is 1050 g/mol. The lowest BCUT2D eigenvalue weighted by Crippen LogP contribution is -2.45. The van der Waals surface area contributed by atoms with Crippen LogP contribution in [0.25, 0.3) is 0 Å². The number of likely N-dealkylation sites (N-methyl/N-ethyl adjacent to an activating group) is 1. The van der Waals surface area contributed by atoms with Crippen molar-refractivity contribution in [3.63, 3.8) is 0 Å². The molecule has 8 nitrogen and oxygen atoms in total. The Hall–Kier alpha value is -2.84. The number of quaternary nitrogens is 1. The van der Waals surface area contributed by atoms with Gasteiger partial charge in [0.1, 0.15) is 13.2 Å². The fourth-order valence-corrected chi connectivity index (χ4v) is 8.99. The Bertz CT molecular complexity index is 1570. The Kier molecular flexibility index (Phi) is 52.8. The number of nitrogens with one attached hydrogen (secondary N) is 1. The Balaban J connectivity index is 4.28. The molecule has 0 aliphatic rings. The van der Waals surface area contributed by atoms with Crippen molar-refractivity contribution in [3.8, 4) is 0 Å². The number of carbonyl (C=O) groups excluding carboxylic acids is 1. The SMILES string of the molecule is CC/C=C\C/C=C\C/C=C\C/C=C\C/C=C\C/C=C\CCCCCCCCCCCCC(=O)NC(COP(=O)(O)OCC[N+](C)(C)C)C(O)/C=C/CC/C=C/CC/C=C/CCCCCCCCCCCCCCC. The summed E-state index contributed by atoms with van der Waals surface area (Å²) in [6.45, 7) is 4.67. The monoisotopic (exact) mass is 1050 g/mol. The number of nitrogens with zero attached hydrogens (tertiary/aromatic N) is 1. The summed E-state index contributed by atoms with van der Waals surface area (Å²) >= 11 is 0. The van der Waals surface area contributed by atoms with Gasteiger partial charge in [0, 0.05) is 6.42 Å². The number of allylic oxidation sites excluding steroid dienone is 17. The van der Waals surface area contributed by atoms with E-state index in [0.717, 1.165) is 89.9 Å². The van der Waals surface area contributed by atoms with E-state index < -0.39 is 20.0 Å². The maximum absolute atomic E-state index is 13.0. The standard InChI is InChI=1S/C65H115N2O6P/c1-6-8-10-12-14-16-18-20-22-24-26-28-30-31-32-33-34-35-37-39-41-43-45-47-49-51-53-55-57-59-65(69)66-63(62-73-74(70,71)72-61-60-67(3,4)5)64(68)58-56-54-52-50-48-46-44-42-40-38-36-29-27-25-23-21-19-17-15-13-11-9-7-2/h8,10,14,16,20,22,26,28,31-32,34-35,40,42,48,50,56,58,63-64,68H,6-7,9,11-13,15,17-19,21,23-25,27,29-30,33,36-39,41,43-47,49,51-55,57,59-62H2,1-5H3,(H-,66,69,70,71)/p+1/b10-8-,16-14-,22-20-,28-26-,32-31-,35-34-,42-40+,50-48+,58-56+. The molecule has 3 N–H and O–H groups in total. The third kappa shape index (κ3) is 56.9. The van der Waals surface area contributed by atoms with Crippen LogP contribution >= 0.6 is 7.82 Å². The van der Waals surface area contributed by atoms with E-state index in [0.29, 0.717) is 17.4 Å². The molecular weight excluding hydrogens is 936 g/mol. The molecule has 0 fully saturated rings. The predicted octanol–water partition coefficient (Wildman–Crippen LogP) is 18.8. The van der Waals surface area contributed by atoms with Crippen LogP contribution in [-0.2, 0) is 18.4 Å². The van der Waals surface area contributed by atoms with E-state index in [9.17, 15) is 19.4 Å². The van der Waals surface area contributed by atoms with Gasteiger partial charge in [-0.3, -0.25) is 13.8 Å². The lowest BCUT2D eigenvalue weighted by atomic mass is 10.0. The van der Waals surface area contributed by atoms with Gasteiger partial charge in [0.15, 0.2) is 0 Å². The van der Waals surface area contributed by atoms with Crippen LogP contribution in [-0.4, -0.2) is 73.4 Å². The molecule has 3 atom stereocenters. The van der Waals surface area contributed by atoms with Gasteiger partial charge in [0.2, 0.25) is 5.91 Å². The third-order valence-electron chi connectivity index (χ3n) is 13.0. The quantitative estimate of drug-likeness (QED) is 0.0243. The van der Waals surface area contributed by atoms with Crippen LogP contribution in [0.5, 0.6) is 0 Å². The predicted molar refractivity (Wildman–Crippen MR) is 322 cm³/mol. The molecule has 0 aliphatic heterocycles. The molecule has 1 amide bonds. The van der Waals surface area contributed by atoms with Gasteiger partial charge in [0.25, 0.3) is 0 Å². The largest absolute Gasteiger partial charge is 0.472 e. The van der Waals surface area contributed by atoms with Gasteiger partial charge in [0.05, 0.1) is 39.9 Å². The number of hydrogen-bond acceptors (Lipinski definition) is 5. The summed E-state index contributed by atoms with van der Waals surface area (Å²) in [4.78, 5) is 23.3. The maximum atomic E-state index is 13.0. The second-order valence-corrected chi connectivity index (χ2v) is 22.8. The molecule has 0 saturated carbocycles. The number of phosphoric acid groups is 1. The van der Waals surface area contributed by atoms with Crippen molar-refractivity contribution in [2.45, 2.75) is 257 Å². The molecule has 9 heteroatoms. The summed E-state index contributed by atoms with van der Waals surface area (Å²) in [5.41, 5.74) is 0. The van der Waals surface area contributed by atoms with Crippen molar-refractivity contribution in [2.75, 3.05) is 40.9 Å². The van der Waals surface area contributed by atoms with Gasteiger partial charge in [-0.25, -0.2) is 4.57 Å². The van der Waals surface area contributed by atoms with Gasteiger partial charge in [-0.1, -0.05) is 252 Å². The summed E-state index contributed by atoms with van der Waals surface area (Å²) in [5, 5.41) is 13.9. The molecule has 3 unspecified atom stereocenters. The number of carbonyl (C=O) groups is 1. The molecular formula is C65H116N2O6P+. The molecule has 0 aromatic heterocycles. The van der Waals surface area contributed by atoms with Gasteiger partial charge < -0.3 is 19.8 Å². The van der Waals surface area contributed by atoms with Crippen LogP contribution in [0.4, 0.5) is 0 Å². The zero-order valence-electron chi connectivity index (χ0n) is 48.5. The van der Waals surface area contributed by atoms with Crippen LogP contribution in [0.3, 0.4) is 0 Å². The van der Waals surface area contributed by atoms with Crippen molar-refractivity contribution >= 4 is 13.7 Å². The van der Waals surface area contributed by atoms with E-state index in [1.165, 1.54) is 135 Å². The average Bonchev–Trinajstić information content (AvgIpc) is 3.36. The molecule has 426 valence electrons. The molecule has 0 spiro atoms. The smallest absolute Gasteiger partial charge is 0.387 e. The first kappa shape index (κ1) is 71.2. The fraction of sp³-hybridized carbons (Fsp3) is 0.708. The summed E-state index contributed by atoms with van der Waals surface area (Å²) < 4.78 is 23.7. The van der Waals surface area contributed by atoms with Crippen LogP contribution in [0, 0.1) is 0 Å². The second-order valence-electron chi connectivity index (χ2n) is 21.3. The Morgan fingerprint density at radius 2 is 0.824 bits per heavy atom. The van der Waals surface area contributed by atoms with Crippen molar-refractivity contribution in [1.29, 1.82) is 0 Å². The maximum Gasteiger partial charge on any atom is 0.472 e. The normalized spacial score (nSPS) is 14.6. The highest BCUT2D eigenvalue weighted by atomic mass is 31.2. The molecule has 0 bridgehead atoms. The summed E-state index contributed by atoms with van der Waals surface area (Å²) in [5.74, 6) is -0.199. The zero-order chi connectivity index (χ0) is 54.2. The van der Waals surface area contributed by atoms with Gasteiger partial charge >= 0.3 is 7.82 Å². The molecule has 0 saturated heterocycles. The number of unbranched alkanes of at least 4 members (excludes halogenated alkanes) is 25. The first-order chi connectivity index (χ1) is 36.0. The van der Waals surface area contributed by atoms with Crippen molar-refractivity contribution in [1.82, 2.24) is 5.32 Å². The lowest BCUT2D eigenvalue weighted by molar-refractivity contribution is -0.870. The van der Waals surface area contributed by atoms with E-state index in [-0.39, 0.29) is 19.1 Å². The minimum atomic E-state index is -4.37. The Labute approximate surface area is 457 Å². The Morgan fingerprint density at radius 3 is 1.24 bits per heavy atom. The molecule has 0 heterocycles. The van der Waals surface area contributed by atoms with Crippen LogP contribution in [0.1, 0.15) is 245 Å².